The van der Waals surface area contributed by atoms with Gasteiger partial charge in [-0.3, -0.25) is 9.88 Å². The van der Waals surface area contributed by atoms with Crippen LogP contribution in [0.2, 0.25) is 0 Å². The van der Waals surface area contributed by atoms with Crippen molar-refractivity contribution in [3.8, 4) is 23.0 Å². The van der Waals surface area contributed by atoms with Crippen molar-refractivity contribution >= 4 is 0 Å². The van der Waals surface area contributed by atoms with Gasteiger partial charge in [0.2, 0.25) is 11.8 Å². The van der Waals surface area contributed by atoms with E-state index in [-0.39, 0.29) is 6.04 Å². The molecule has 2 aromatic heterocycles. The number of ether oxygens (including phenoxy) is 2. The predicted molar refractivity (Wildman–Crippen MR) is 104 cm³/mol. The third kappa shape index (κ3) is 3.57. The molecule has 1 fully saturated rings. The minimum absolute atomic E-state index is 0.0931. The zero-order chi connectivity index (χ0) is 19.5. The Morgan fingerprint density at radius 2 is 2.04 bits per heavy atom. The van der Waals surface area contributed by atoms with Crippen molar-refractivity contribution in [2.75, 3.05) is 20.8 Å². The molecule has 0 spiro atoms. The zero-order valence-corrected chi connectivity index (χ0v) is 16.4. The van der Waals surface area contributed by atoms with Crippen LogP contribution in [0.25, 0.3) is 11.5 Å². The Kier molecular flexibility index (Phi) is 5.25. The summed E-state index contributed by atoms with van der Waals surface area (Å²) in [7, 11) is 3.32. The summed E-state index contributed by atoms with van der Waals surface area (Å²) >= 11 is 0. The van der Waals surface area contributed by atoms with E-state index in [2.05, 4.69) is 26.1 Å². The molecular weight excluding hydrogens is 356 g/mol. The van der Waals surface area contributed by atoms with Gasteiger partial charge in [-0.05, 0) is 44.5 Å². The van der Waals surface area contributed by atoms with Crippen LogP contribution in [0, 0.1) is 6.92 Å². The SMILES string of the molecule is COc1cccc(CN2CCC[C@H]2c2nnc(-c3ccc(C)nc3)o2)c1OC. The van der Waals surface area contributed by atoms with E-state index in [4.69, 9.17) is 13.9 Å². The third-order valence-corrected chi connectivity index (χ3v) is 5.11. The van der Waals surface area contributed by atoms with Crippen LogP contribution in [0.5, 0.6) is 11.5 Å². The standard InChI is InChI=1S/C21H24N4O3/c1-14-9-10-15(12-22-14)20-23-24-21(28-20)17-7-5-11-25(17)13-16-6-4-8-18(26-2)19(16)27-3/h4,6,8-10,12,17H,5,7,11,13H2,1-3H3/t17-/m0/s1. The maximum absolute atomic E-state index is 6.00. The maximum atomic E-state index is 6.00. The fourth-order valence-corrected chi connectivity index (χ4v) is 3.67. The van der Waals surface area contributed by atoms with Gasteiger partial charge in [-0.2, -0.15) is 0 Å². The quantitative estimate of drug-likeness (QED) is 0.644. The smallest absolute Gasteiger partial charge is 0.249 e. The molecule has 146 valence electrons. The van der Waals surface area contributed by atoms with Gasteiger partial charge < -0.3 is 13.9 Å². The fraction of sp³-hybridized carbons (Fsp3) is 0.381. The van der Waals surface area contributed by atoms with E-state index in [0.29, 0.717) is 11.8 Å². The summed E-state index contributed by atoms with van der Waals surface area (Å²) in [5.41, 5.74) is 2.87. The average molecular weight is 380 g/mol. The highest BCUT2D eigenvalue weighted by Gasteiger charge is 2.31. The van der Waals surface area contributed by atoms with Crippen molar-refractivity contribution in [2.24, 2.45) is 0 Å². The van der Waals surface area contributed by atoms with Gasteiger partial charge >= 0.3 is 0 Å². The average Bonchev–Trinajstić information content (AvgIpc) is 3.37. The minimum atomic E-state index is 0.0931. The first-order valence-electron chi connectivity index (χ1n) is 9.40. The lowest BCUT2D eigenvalue weighted by Gasteiger charge is -2.23. The van der Waals surface area contributed by atoms with Gasteiger partial charge in [0.25, 0.3) is 0 Å². The molecule has 0 aliphatic carbocycles. The fourth-order valence-electron chi connectivity index (χ4n) is 3.67. The monoisotopic (exact) mass is 380 g/mol. The first-order valence-corrected chi connectivity index (χ1v) is 9.40. The summed E-state index contributed by atoms with van der Waals surface area (Å²) < 4.78 is 17.0. The third-order valence-electron chi connectivity index (χ3n) is 5.11. The number of hydrogen-bond donors (Lipinski definition) is 0. The molecule has 0 saturated carbocycles. The molecule has 1 atom stereocenters. The number of aryl methyl sites for hydroxylation is 1. The van der Waals surface area contributed by atoms with Gasteiger partial charge in [-0.1, -0.05) is 12.1 Å². The zero-order valence-electron chi connectivity index (χ0n) is 16.4. The van der Waals surface area contributed by atoms with Gasteiger partial charge in [0.15, 0.2) is 11.5 Å². The van der Waals surface area contributed by atoms with Crippen molar-refractivity contribution in [3.05, 3.63) is 53.7 Å². The number of aromatic nitrogens is 3. The molecule has 0 bridgehead atoms. The van der Waals surface area contributed by atoms with Crippen LogP contribution in [0.4, 0.5) is 0 Å². The molecule has 0 N–H and O–H groups in total. The molecule has 7 heteroatoms. The predicted octanol–water partition coefficient (Wildman–Crippen LogP) is 3.79. The van der Waals surface area contributed by atoms with Crippen molar-refractivity contribution in [1.82, 2.24) is 20.1 Å². The van der Waals surface area contributed by atoms with Crippen molar-refractivity contribution in [2.45, 2.75) is 32.4 Å². The van der Waals surface area contributed by atoms with E-state index < -0.39 is 0 Å². The summed E-state index contributed by atoms with van der Waals surface area (Å²) in [6, 6.07) is 9.94. The summed E-state index contributed by atoms with van der Waals surface area (Å²) in [4.78, 5) is 6.65. The molecule has 1 saturated heterocycles. The molecule has 1 aromatic carbocycles. The first kappa shape index (κ1) is 18.4. The topological polar surface area (TPSA) is 73.5 Å². The van der Waals surface area contributed by atoms with Crippen LogP contribution in [0.15, 0.2) is 40.9 Å². The van der Waals surface area contributed by atoms with Gasteiger partial charge in [0, 0.05) is 24.0 Å². The van der Waals surface area contributed by atoms with Gasteiger partial charge in [0.1, 0.15) is 0 Å². The van der Waals surface area contributed by atoms with Gasteiger partial charge in [-0.15, -0.1) is 10.2 Å². The highest BCUT2D eigenvalue weighted by atomic mass is 16.5. The van der Waals surface area contributed by atoms with Gasteiger partial charge in [0.05, 0.1) is 25.8 Å². The van der Waals surface area contributed by atoms with Gasteiger partial charge in [-0.25, -0.2) is 0 Å². The normalized spacial score (nSPS) is 17.0. The van der Waals surface area contributed by atoms with E-state index in [1.165, 1.54) is 0 Å². The minimum Gasteiger partial charge on any atom is -0.493 e. The van der Waals surface area contributed by atoms with Crippen LogP contribution in [-0.2, 0) is 6.54 Å². The second kappa shape index (κ2) is 7.98. The molecule has 4 rings (SSSR count). The molecule has 0 unspecified atom stereocenters. The summed E-state index contributed by atoms with van der Waals surface area (Å²) in [6.07, 6.45) is 3.83. The highest BCUT2D eigenvalue weighted by molar-refractivity contribution is 5.50. The number of methoxy groups -OCH3 is 2. The molecule has 0 amide bonds. The first-order chi connectivity index (χ1) is 13.7. The largest absolute Gasteiger partial charge is 0.493 e. The summed E-state index contributed by atoms with van der Waals surface area (Å²) in [6.45, 7) is 3.65. The van der Waals surface area contributed by atoms with Crippen LogP contribution >= 0.6 is 0 Å². The number of para-hydroxylation sites is 1. The lowest BCUT2D eigenvalue weighted by atomic mass is 10.1. The second-order valence-corrected chi connectivity index (χ2v) is 6.91. The second-order valence-electron chi connectivity index (χ2n) is 6.91. The molecule has 3 aromatic rings. The van der Waals surface area contributed by atoms with Crippen LogP contribution in [-0.4, -0.2) is 40.8 Å². The van der Waals surface area contributed by atoms with Crippen molar-refractivity contribution in [1.29, 1.82) is 0 Å². The number of nitrogens with zero attached hydrogens (tertiary/aromatic N) is 4. The number of likely N-dealkylation sites (tertiary alicyclic amines) is 1. The Hall–Kier alpha value is -2.93. The van der Waals surface area contributed by atoms with E-state index in [9.17, 15) is 0 Å². The molecule has 7 nitrogen and oxygen atoms in total. The Balaban J connectivity index is 1.56. The summed E-state index contributed by atoms with van der Waals surface area (Å²) in [5.74, 6) is 2.67. The molecular formula is C21H24N4O3. The molecule has 1 aliphatic heterocycles. The van der Waals surface area contributed by atoms with E-state index in [0.717, 1.165) is 54.3 Å². The van der Waals surface area contributed by atoms with E-state index in [1.54, 1.807) is 20.4 Å². The Labute approximate surface area is 164 Å². The Morgan fingerprint density at radius 3 is 2.79 bits per heavy atom. The van der Waals surface area contributed by atoms with Crippen LogP contribution in [0.1, 0.15) is 36.0 Å². The highest BCUT2D eigenvalue weighted by Crippen LogP contribution is 2.37. The van der Waals surface area contributed by atoms with Crippen LogP contribution < -0.4 is 9.47 Å². The van der Waals surface area contributed by atoms with E-state index in [1.807, 2.05) is 31.2 Å². The lowest BCUT2D eigenvalue weighted by molar-refractivity contribution is 0.212. The molecule has 28 heavy (non-hydrogen) atoms. The number of hydrogen-bond acceptors (Lipinski definition) is 7. The molecule has 0 radical (unpaired) electrons. The molecule has 1 aliphatic rings. The summed E-state index contributed by atoms with van der Waals surface area (Å²) in [5, 5.41) is 8.56. The lowest BCUT2D eigenvalue weighted by Crippen LogP contribution is -2.23. The number of rotatable bonds is 6. The Morgan fingerprint density at radius 1 is 1.14 bits per heavy atom. The van der Waals surface area contributed by atoms with E-state index >= 15 is 0 Å². The number of pyridine rings is 1. The Bertz CT molecular complexity index is 939. The maximum Gasteiger partial charge on any atom is 0.249 e. The number of benzene rings is 1. The van der Waals surface area contributed by atoms with Crippen LogP contribution in [0.3, 0.4) is 0 Å². The van der Waals surface area contributed by atoms with Crippen molar-refractivity contribution in [3.63, 3.8) is 0 Å². The van der Waals surface area contributed by atoms with Crippen molar-refractivity contribution < 1.29 is 13.9 Å². The molecule has 3 heterocycles.